The fraction of sp³-hybridized carbons (Fsp3) is 0.105. The predicted molar refractivity (Wildman–Crippen MR) is 96.6 cm³/mol. The minimum absolute atomic E-state index is 0.179. The molecule has 0 fully saturated rings. The molecular weight excluding hydrogens is 316 g/mol. The molecule has 0 aliphatic carbocycles. The largest absolute Gasteiger partial charge is 0.508 e. The number of amides is 1. The fourth-order valence-electron chi connectivity index (χ4n) is 2.28. The quantitative estimate of drug-likeness (QED) is 0.494. The first kappa shape index (κ1) is 16.4. The Morgan fingerprint density at radius 3 is 2.60 bits per heavy atom. The number of rotatable bonds is 5. The molecule has 0 unspecified atom stereocenters. The number of hydrogen-bond donors (Lipinski definition) is 3. The maximum absolute atomic E-state index is 12.1. The number of aromatic nitrogens is 2. The van der Waals surface area contributed by atoms with E-state index >= 15 is 0 Å². The van der Waals surface area contributed by atoms with Crippen LogP contribution in [0.3, 0.4) is 0 Å². The van der Waals surface area contributed by atoms with Crippen molar-refractivity contribution in [1.29, 1.82) is 0 Å². The molecule has 3 N–H and O–H groups in total. The number of aromatic hydroxyl groups is 1. The third-order valence-electron chi connectivity index (χ3n) is 3.75. The Hall–Kier alpha value is -3.41. The van der Waals surface area contributed by atoms with Crippen molar-refractivity contribution in [2.75, 3.05) is 0 Å². The van der Waals surface area contributed by atoms with Crippen molar-refractivity contribution in [2.24, 2.45) is 5.10 Å². The van der Waals surface area contributed by atoms with Crippen molar-refractivity contribution >= 4 is 12.1 Å². The second-order valence-corrected chi connectivity index (χ2v) is 5.51. The van der Waals surface area contributed by atoms with Gasteiger partial charge in [0.25, 0.3) is 5.91 Å². The molecule has 0 saturated heterocycles. The number of aromatic amines is 1. The van der Waals surface area contributed by atoms with Gasteiger partial charge in [0.05, 0.1) is 11.9 Å². The molecule has 0 spiro atoms. The normalized spacial score (nSPS) is 10.9. The second-order valence-electron chi connectivity index (χ2n) is 5.51. The highest BCUT2D eigenvalue weighted by atomic mass is 16.3. The van der Waals surface area contributed by atoms with Crippen molar-refractivity contribution in [1.82, 2.24) is 15.6 Å². The first-order chi connectivity index (χ1) is 12.2. The number of phenols is 1. The first-order valence-electron chi connectivity index (χ1n) is 7.93. The van der Waals surface area contributed by atoms with Gasteiger partial charge >= 0.3 is 0 Å². The third-order valence-corrected chi connectivity index (χ3v) is 3.75. The number of carbonyl (C=O) groups excluding carboxylic acids is 1. The van der Waals surface area contributed by atoms with Crippen LogP contribution >= 0.6 is 0 Å². The predicted octanol–water partition coefficient (Wildman–Crippen LogP) is 3.11. The molecule has 0 saturated carbocycles. The van der Waals surface area contributed by atoms with Gasteiger partial charge in [-0.1, -0.05) is 31.2 Å². The van der Waals surface area contributed by atoms with Crippen molar-refractivity contribution in [3.05, 3.63) is 71.4 Å². The van der Waals surface area contributed by atoms with Crippen LogP contribution in [0.1, 0.15) is 28.5 Å². The zero-order valence-electron chi connectivity index (χ0n) is 13.7. The fourth-order valence-corrected chi connectivity index (χ4v) is 2.28. The molecule has 1 amide bonds. The van der Waals surface area contributed by atoms with Crippen LogP contribution in [-0.2, 0) is 6.42 Å². The van der Waals surface area contributed by atoms with E-state index in [0.717, 1.165) is 17.5 Å². The Bertz CT molecular complexity index is 881. The minimum atomic E-state index is -0.376. The zero-order valence-corrected chi connectivity index (χ0v) is 13.7. The van der Waals surface area contributed by atoms with Crippen LogP contribution in [0.15, 0.2) is 59.7 Å². The molecule has 0 aliphatic rings. The van der Waals surface area contributed by atoms with Gasteiger partial charge in [-0.2, -0.15) is 10.2 Å². The van der Waals surface area contributed by atoms with E-state index in [9.17, 15) is 9.90 Å². The molecule has 0 bridgehead atoms. The summed E-state index contributed by atoms with van der Waals surface area (Å²) in [5.74, 6) is -0.197. The molecular formula is C19H18N4O2. The molecule has 0 radical (unpaired) electrons. The highest BCUT2D eigenvalue weighted by Crippen LogP contribution is 2.18. The van der Waals surface area contributed by atoms with Gasteiger partial charge in [-0.25, -0.2) is 5.43 Å². The lowest BCUT2D eigenvalue weighted by Gasteiger charge is -1.98. The van der Waals surface area contributed by atoms with Crippen LogP contribution in [0.2, 0.25) is 0 Å². The lowest BCUT2D eigenvalue weighted by atomic mass is 10.1. The summed E-state index contributed by atoms with van der Waals surface area (Å²) in [7, 11) is 0. The van der Waals surface area contributed by atoms with E-state index in [1.54, 1.807) is 30.3 Å². The number of nitrogens with one attached hydrogen (secondary N) is 2. The molecule has 3 rings (SSSR count). The van der Waals surface area contributed by atoms with E-state index in [1.807, 2.05) is 24.3 Å². The van der Waals surface area contributed by atoms with Gasteiger partial charge in [-0.05, 0) is 47.9 Å². The Balaban J connectivity index is 1.64. The molecule has 3 aromatic rings. The summed E-state index contributed by atoms with van der Waals surface area (Å²) >= 11 is 0. The van der Waals surface area contributed by atoms with Crippen LogP contribution in [0.5, 0.6) is 5.75 Å². The monoisotopic (exact) mass is 334 g/mol. The summed E-state index contributed by atoms with van der Waals surface area (Å²) in [6.45, 7) is 2.10. The summed E-state index contributed by atoms with van der Waals surface area (Å²) in [6.07, 6.45) is 2.48. The smallest absolute Gasteiger partial charge is 0.289 e. The van der Waals surface area contributed by atoms with E-state index in [1.165, 1.54) is 11.8 Å². The van der Waals surface area contributed by atoms with Crippen molar-refractivity contribution < 1.29 is 9.90 Å². The Kier molecular flexibility index (Phi) is 4.89. The van der Waals surface area contributed by atoms with Gasteiger partial charge in [0.2, 0.25) is 0 Å². The van der Waals surface area contributed by atoms with E-state index in [2.05, 4.69) is 27.6 Å². The Morgan fingerprint density at radius 2 is 1.92 bits per heavy atom. The Labute approximate surface area is 145 Å². The number of carbonyl (C=O) groups is 1. The minimum Gasteiger partial charge on any atom is -0.508 e. The average molecular weight is 334 g/mol. The zero-order chi connectivity index (χ0) is 17.6. The van der Waals surface area contributed by atoms with Crippen LogP contribution in [-0.4, -0.2) is 27.4 Å². The third kappa shape index (κ3) is 4.11. The van der Waals surface area contributed by atoms with Crippen LogP contribution in [0.25, 0.3) is 11.3 Å². The van der Waals surface area contributed by atoms with Crippen LogP contribution in [0, 0.1) is 0 Å². The highest BCUT2D eigenvalue weighted by Gasteiger charge is 2.10. The van der Waals surface area contributed by atoms with Crippen molar-refractivity contribution in [2.45, 2.75) is 13.3 Å². The van der Waals surface area contributed by atoms with Gasteiger partial charge in [0, 0.05) is 5.56 Å². The molecule has 1 heterocycles. The van der Waals surface area contributed by atoms with Crippen LogP contribution in [0.4, 0.5) is 0 Å². The summed E-state index contributed by atoms with van der Waals surface area (Å²) < 4.78 is 0. The number of aryl methyl sites for hydroxylation is 1. The summed E-state index contributed by atoms with van der Waals surface area (Å²) in [5.41, 5.74) is 6.44. The van der Waals surface area contributed by atoms with E-state index in [0.29, 0.717) is 11.4 Å². The second kappa shape index (κ2) is 7.44. The lowest BCUT2D eigenvalue weighted by molar-refractivity contribution is 0.0950. The van der Waals surface area contributed by atoms with Gasteiger partial charge < -0.3 is 5.11 Å². The summed E-state index contributed by atoms with van der Waals surface area (Å²) in [5, 5.41) is 20.0. The molecule has 6 heteroatoms. The highest BCUT2D eigenvalue weighted by molar-refractivity contribution is 5.94. The van der Waals surface area contributed by atoms with Gasteiger partial charge in [-0.3, -0.25) is 9.89 Å². The molecule has 2 aromatic carbocycles. The van der Waals surface area contributed by atoms with Crippen molar-refractivity contribution in [3.8, 4) is 17.0 Å². The van der Waals surface area contributed by atoms with Crippen molar-refractivity contribution in [3.63, 3.8) is 0 Å². The summed E-state index contributed by atoms with van der Waals surface area (Å²) in [4.78, 5) is 12.1. The van der Waals surface area contributed by atoms with E-state index in [-0.39, 0.29) is 11.7 Å². The molecule has 6 nitrogen and oxygen atoms in total. The summed E-state index contributed by atoms with van der Waals surface area (Å²) in [6, 6.07) is 16.2. The maximum atomic E-state index is 12.1. The van der Waals surface area contributed by atoms with Crippen LogP contribution < -0.4 is 5.43 Å². The molecule has 25 heavy (non-hydrogen) atoms. The van der Waals surface area contributed by atoms with E-state index < -0.39 is 0 Å². The molecule has 0 atom stereocenters. The van der Waals surface area contributed by atoms with Gasteiger partial charge in [-0.15, -0.1) is 0 Å². The number of nitrogens with zero attached hydrogens (tertiary/aromatic N) is 2. The topological polar surface area (TPSA) is 90.4 Å². The molecule has 126 valence electrons. The maximum Gasteiger partial charge on any atom is 0.289 e. The number of phenolic OH excluding ortho intramolecular Hbond substituents is 1. The number of H-pyrrole nitrogens is 1. The molecule has 1 aromatic heterocycles. The van der Waals surface area contributed by atoms with Gasteiger partial charge in [0.1, 0.15) is 11.4 Å². The van der Waals surface area contributed by atoms with E-state index in [4.69, 9.17) is 0 Å². The van der Waals surface area contributed by atoms with Gasteiger partial charge in [0.15, 0.2) is 0 Å². The Morgan fingerprint density at radius 1 is 1.20 bits per heavy atom. The number of hydrazone groups is 1. The number of benzene rings is 2. The SMILES string of the molecule is CCc1ccc(-c2cc(C(=O)NN=Cc3ccc(O)cc3)[nH]n2)cc1. The average Bonchev–Trinajstić information content (AvgIpc) is 3.13. The number of hydrogen-bond acceptors (Lipinski definition) is 4. The molecule has 0 aliphatic heterocycles. The lowest BCUT2D eigenvalue weighted by Crippen LogP contribution is -2.17. The standard InChI is InChI=1S/C19H18N4O2/c1-2-13-3-7-15(8-4-13)17-11-18(22-21-17)19(25)23-20-12-14-5-9-16(24)10-6-14/h3-12,24H,2H2,1H3,(H,21,22)(H,23,25). The first-order valence-corrected chi connectivity index (χ1v) is 7.93.